The van der Waals surface area contributed by atoms with E-state index in [0.29, 0.717) is 17.0 Å². The van der Waals surface area contributed by atoms with Crippen LogP contribution >= 0.6 is 0 Å². The molecule has 0 atom stereocenters. The molecule has 31 heavy (non-hydrogen) atoms. The van der Waals surface area contributed by atoms with Crippen LogP contribution in [0.5, 0.6) is 0 Å². The Morgan fingerprint density at radius 1 is 0.968 bits per heavy atom. The Morgan fingerprint density at radius 3 is 2.52 bits per heavy atom. The van der Waals surface area contributed by atoms with Crippen LogP contribution in [0.2, 0.25) is 0 Å². The van der Waals surface area contributed by atoms with Crippen molar-refractivity contribution in [3.8, 4) is 22.5 Å². The van der Waals surface area contributed by atoms with Gasteiger partial charge in [0, 0.05) is 24.0 Å². The Labute approximate surface area is 178 Å². The van der Waals surface area contributed by atoms with Crippen molar-refractivity contribution < 1.29 is 18.8 Å². The lowest BCUT2D eigenvalue weighted by molar-refractivity contribution is 0.0527. The number of hydrogen-bond donors (Lipinski definition) is 1. The number of esters is 1. The predicted octanol–water partition coefficient (Wildman–Crippen LogP) is 4.83. The van der Waals surface area contributed by atoms with Crippen molar-refractivity contribution in [1.29, 1.82) is 0 Å². The Morgan fingerprint density at radius 2 is 1.77 bits per heavy atom. The number of benzene rings is 2. The standard InChI is InChI=1S/C24H19N3O4/c1-2-30-24(29)19-13-17(16-7-4-3-5-8-16)10-11-20(19)26-23(28)21-14-22(31-27-21)18-9-6-12-25-15-18/h3-15H,2H2,1H3,(H,26,28). The summed E-state index contributed by atoms with van der Waals surface area (Å²) in [6, 6.07) is 19.9. The smallest absolute Gasteiger partial charge is 0.340 e. The van der Waals surface area contributed by atoms with Crippen molar-refractivity contribution >= 4 is 17.6 Å². The normalized spacial score (nSPS) is 10.5. The first-order valence-corrected chi connectivity index (χ1v) is 9.70. The molecule has 0 spiro atoms. The molecule has 0 fully saturated rings. The number of rotatable bonds is 6. The van der Waals surface area contributed by atoms with E-state index in [1.807, 2.05) is 36.4 Å². The van der Waals surface area contributed by atoms with Gasteiger partial charge < -0.3 is 14.6 Å². The van der Waals surface area contributed by atoms with Crippen LogP contribution in [0.15, 0.2) is 83.6 Å². The van der Waals surface area contributed by atoms with Crippen molar-refractivity contribution in [3.05, 3.63) is 90.4 Å². The Bertz CT molecular complexity index is 1200. The van der Waals surface area contributed by atoms with Crippen molar-refractivity contribution in [2.75, 3.05) is 11.9 Å². The number of anilines is 1. The Kier molecular flexibility index (Phi) is 5.84. The number of nitrogens with zero attached hydrogens (tertiary/aromatic N) is 2. The summed E-state index contributed by atoms with van der Waals surface area (Å²) in [4.78, 5) is 29.3. The topological polar surface area (TPSA) is 94.3 Å². The van der Waals surface area contributed by atoms with E-state index in [4.69, 9.17) is 9.26 Å². The lowest BCUT2D eigenvalue weighted by Gasteiger charge is -2.12. The molecule has 4 rings (SSSR count). The number of carbonyl (C=O) groups is 2. The fraction of sp³-hybridized carbons (Fsp3) is 0.0833. The summed E-state index contributed by atoms with van der Waals surface area (Å²) in [5, 5.41) is 6.57. The maximum Gasteiger partial charge on any atom is 0.340 e. The quantitative estimate of drug-likeness (QED) is 0.455. The Balaban J connectivity index is 1.62. The third-order valence-electron chi connectivity index (χ3n) is 4.56. The second-order valence-corrected chi connectivity index (χ2v) is 6.62. The van der Waals surface area contributed by atoms with E-state index in [1.54, 1.807) is 43.6 Å². The van der Waals surface area contributed by atoms with Gasteiger partial charge in [0.25, 0.3) is 5.91 Å². The predicted molar refractivity (Wildman–Crippen MR) is 116 cm³/mol. The third-order valence-corrected chi connectivity index (χ3v) is 4.56. The number of ether oxygens (including phenoxy) is 1. The first-order valence-electron chi connectivity index (χ1n) is 9.70. The van der Waals surface area contributed by atoms with Gasteiger partial charge in [-0.1, -0.05) is 41.6 Å². The van der Waals surface area contributed by atoms with E-state index in [0.717, 1.165) is 11.1 Å². The molecular weight excluding hydrogens is 394 g/mol. The van der Waals surface area contributed by atoms with Crippen LogP contribution < -0.4 is 5.32 Å². The first-order chi connectivity index (χ1) is 15.2. The van der Waals surface area contributed by atoms with E-state index >= 15 is 0 Å². The lowest BCUT2D eigenvalue weighted by Crippen LogP contribution is -2.16. The second kappa shape index (κ2) is 9.04. The molecule has 0 bridgehead atoms. The van der Waals surface area contributed by atoms with Crippen LogP contribution in [0.4, 0.5) is 5.69 Å². The number of hydrogen-bond acceptors (Lipinski definition) is 6. The third kappa shape index (κ3) is 4.51. The van der Waals surface area contributed by atoms with Gasteiger partial charge in [-0.05, 0) is 42.3 Å². The molecule has 0 aliphatic rings. The first kappa shape index (κ1) is 20.0. The van der Waals surface area contributed by atoms with E-state index in [1.165, 1.54) is 6.07 Å². The van der Waals surface area contributed by atoms with Crippen LogP contribution in [-0.4, -0.2) is 28.6 Å². The Hall–Kier alpha value is -4.26. The molecule has 7 heteroatoms. The fourth-order valence-corrected chi connectivity index (χ4v) is 3.05. The minimum absolute atomic E-state index is 0.0841. The van der Waals surface area contributed by atoms with Gasteiger partial charge in [0.2, 0.25) is 0 Å². The van der Waals surface area contributed by atoms with Crippen LogP contribution in [0.1, 0.15) is 27.8 Å². The molecule has 0 aliphatic carbocycles. The van der Waals surface area contributed by atoms with E-state index in [-0.39, 0.29) is 17.9 Å². The molecule has 0 saturated heterocycles. The zero-order valence-electron chi connectivity index (χ0n) is 16.7. The average Bonchev–Trinajstić information content (AvgIpc) is 3.31. The molecule has 1 amide bonds. The number of carbonyl (C=O) groups excluding carboxylic acids is 2. The van der Waals surface area contributed by atoms with Crippen LogP contribution in [0.3, 0.4) is 0 Å². The van der Waals surface area contributed by atoms with Crippen molar-refractivity contribution in [2.45, 2.75) is 6.92 Å². The van der Waals surface area contributed by atoms with Crippen molar-refractivity contribution in [1.82, 2.24) is 10.1 Å². The lowest BCUT2D eigenvalue weighted by atomic mass is 10.0. The van der Waals surface area contributed by atoms with E-state index in [2.05, 4.69) is 15.5 Å². The zero-order chi connectivity index (χ0) is 21.6. The van der Waals surface area contributed by atoms with Gasteiger partial charge in [-0.25, -0.2) is 4.79 Å². The van der Waals surface area contributed by atoms with Crippen molar-refractivity contribution in [2.24, 2.45) is 0 Å². The van der Waals surface area contributed by atoms with Gasteiger partial charge in [-0.15, -0.1) is 0 Å². The molecule has 2 heterocycles. The SMILES string of the molecule is CCOC(=O)c1cc(-c2ccccc2)ccc1NC(=O)c1cc(-c2cccnc2)on1. The van der Waals surface area contributed by atoms with Gasteiger partial charge >= 0.3 is 5.97 Å². The molecule has 2 aromatic heterocycles. The van der Waals surface area contributed by atoms with Gasteiger partial charge in [-0.2, -0.15) is 0 Å². The molecule has 0 saturated carbocycles. The van der Waals surface area contributed by atoms with Gasteiger partial charge in [0.05, 0.1) is 17.9 Å². The minimum Gasteiger partial charge on any atom is -0.462 e. The second-order valence-electron chi connectivity index (χ2n) is 6.62. The van der Waals surface area contributed by atoms with Crippen LogP contribution in [0, 0.1) is 0 Å². The largest absolute Gasteiger partial charge is 0.462 e. The maximum atomic E-state index is 12.7. The van der Waals surface area contributed by atoms with Crippen LogP contribution in [0.25, 0.3) is 22.5 Å². The number of aromatic nitrogens is 2. The summed E-state index contributed by atoms with van der Waals surface area (Å²) < 4.78 is 10.4. The molecule has 1 N–H and O–H groups in total. The summed E-state index contributed by atoms with van der Waals surface area (Å²) >= 11 is 0. The summed E-state index contributed by atoms with van der Waals surface area (Å²) in [5.74, 6) is -0.605. The highest BCUT2D eigenvalue weighted by Gasteiger charge is 2.19. The molecule has 154 valence electrons. The summed E-state index contributed by atoms with van der Waals surface area (Å²) in [6.07, 6.45) is 3.26. The summed E-state index contributed by atoms with van der Waals surface area (Å²) in [6.45, 7) is 1.95. The zero-order valence-corrected chi connectivity index (χ0v) is 16.7. The van der Waals surface area contributed by atoms with Gasteiger partial charge in [0.1, 0.15) is 0 Å². The monoisotopic (exact) mass is 413 g/mol. The minimum atomic E-state index is -0.521. The molecule has 0 unspecified atom stereocenters. The number of amides is 1. The number of nitrogens with one attached hydrogen (secondary N) is 1. The highest BCUT2D eigenvalue weighted by molar-refractivity contribution is 6.07. The number of pyridine rings is 1. The summed E-state index contributed by atoms with van der Waals surface area (Å²) in [5.41, 5.74) is 3.15. The fourth-order valence-electron chi connectivity index (χ4n) is 3.05. The van der Waals surface area contributed by atoms with Gasteiger partial charge in [-0.3, -0.25) is 9.78 Å². The van der Waals surface area contributed by atoms with Crippen LogP contribution in [-0.2, 0) is 4.74 Å². The molecule has 2 aromatic carbocycles. The highest BCUT2D eigenvalue weighted by Crippen LogP contribution is 2.27. The average molecular weight is 413 g/mol. The molecule has 7 nitrogen and oxygen atoms in total. The highest BCUT2D eigenvalue weighted by atomic mass is 16.5. The van der Waals surface area contributed by atoms with Gasteiger partial charge in [0.15, 0.2) is 11.5 Å². The molecule has 4 aromatic rings. The molecular formula is C24H19N3O4. The summed E-state index contributed by atoms with van der Waals surface area (Å²) in [7, 11) is 0. The van der Waals surface area contributed by atoms with E-state index < -0.39 is 11.9 Å². The maximum absolute atomic E-state index is 12.7. The van der Waals surface area contributed by atoms with Crippen molar-refractivity contribution in [3.63, 3.8) is 0 Å². The molecule has 0 aliphatic heterocycles. The van der Waals surface area contributed by atoms with E-state index in [9.17, 15) is 9.59 Å². The molecule has 0 radical (unpaired) electrons.